The molecule has 25 heavy (non-hydrogen) atoms. The zero-order valence-electron chi connectivity index (χ0n) is 16.2. The van der Waals surface area contributed by atoms with Crippen molar-refractivity contribution in [2.75, 3.05) is 0 Å². The zero-order chi connectivity index (χ0) is 18.9. The molecule has 0 aromatic heterocycles. The molecule has 0 heterocycles. The topological polar surface area (TPSA) is 43.4 Å². The van der Waals surface area contributed by atoms with E-state index in [4.69, 9.17) is 4.43 Å². The summed E-state index contributed by atoms with van der Waals surface area (Å²) in [5.41, 5.74) is 1.17. The third-order valence-corrected chi connectivity index (χ3v) is 9.37. The van der Waals surface area contributed by atoms with Crippen molar-refractivity contribution in [3.63, 3.8) is 0 Å². The second-order valence-electron chi connectivity index (χ2n) is 7.99. The number of allylic oxidation sites excluding steroid dienone is 1. The largest absolute Gasteiger partial charge is 0.413 e. The molecule has 138 valence electrons. The first-order valence-electron chi connectivity index (χ1n) is 9.00. The van der Waals surface area contributed by atoms with Gasteiger partial charge in [-0.05, 0) is 42.6 Å². The Morgan fingerprint density at radius 3 is 2.36 bits per heavy atom. The molecule has 0 amide bonds. The van der Waals surface area contributed by atoms with E-state index in [1.165, 1.54) is 5.56 Å². The van der Waals surface area contributed by atoms with Crippen molar-refractivity contribution < 1.29 is 14.0 Å². The molecule has 4 heteroatoms. The van der Waals surface area contributed by atoms with Crippen LogP contribution in [0.3, 0.4) is 0 Å². The standard InChI is InChI=1S/C21H32O3Si/c1-21(2,3)25(4,5)24-20(16-17-22)13-9-12-19(23)15-14-18-10-7-6-8-11-18/h6-12,17,20H,13-16H2,1-5H3/b12-9+/t20-/m0/s1. The van der Waals surface area contributed by atoms with E-state index in [2.05, 4.69) is 33.9 Å². The molecular formula is C21H32O3Si. The molecule has 0 bridgehead atoms. The van der Waals surface area contributed by atoms with Crippen molar-refractivity contribution in [3.8, 4) is 0 Å². The van der Waals surface area contributed by atoms with Crippen LogP contribution in [0.25, 0.3) is 0 Å². The van der Waals surface area contributed by atoms with Gasteiger partial charge in [0.05, 0.1) is 6.10 Å². The van der Waals surface area contributed by atoms with E-state index in [9.17, 15) is 9.59 Å². The Labute approximate surface area is 153 Å². The van der Waals surface area contributed by atoms with Gasteiger partial charge in [-0.1, -0.05) is 57.2 Å². The molecule has 0 saturated carbocycles. The zero-order valence-corrected chi connectivity index (χ0v) is 17.2. The van der Waals surface area contributed by atoms with Crippen LogP contribution in [0.1, 0.15) is 45.6 Å². The predicted octanol–water partition coefficient (Wildman–Crippen LogP) is 5.11. The Balaban J connectivity index is 2.51. The van der Waals surface area contributed by atoms with E-state index in [1.54, 1.807) is 6.08 Å². The van der Waals surface area contributed by atoms with Crippen molar-refractivity contribution in [2.24, 2.45) is 0 Å². The second-order valence-corrected chi connectivity index (χ2v) is 12.7. The molecule has 0 aliphatic rings. The van der Waals surface area contributed by atoms with Gasteiger partial charge in [-0.15, -0.1) is 0 Å². The summed E-state index contributed by atoms with van der Waals surface area (Å²) in [6.45, 7) is 10.9. The van der Waals surface area contributed by atoms with Crippen LogP contribution in [0.2, 0.25) is 18.1 Å². The van der Waals surface area contributed by atoms with Gasteiger partial charge in [-0.2, -0.15) is 0 Å². The highest BCUT2D eigenvalue weighted by molar-refractivity contribution is 6.74. The predicted molar refractivity (Wildman–Crippen MR) is 106 cm³/mol. The van der Waals surface area contributed by atoms with E-state index in [0.29, 0.717) is 19.3 Å². The number of ketones is 1. The lowest BCUT2D eigenvalue weighted by atomic mass is 10.1. The fraction of sp³-hybridized carbons (Fsp3) is 0.524. The summed E-state index contributed by atoms with van der Waals surface area (Å²) < 4.78 is 6.30. The normalized spacial score (nSPS) is 13.8. The number of hydrogen-bond donors (Lipinski definition) is 0. The van der Waals surface area contributed by atoms with Crippen LogP contribution in [0.4, 0.5) is 0 Å². The summed E-state index contributed by atoms with van der Waals surface area (Å²) in [6.07, 6.45) is 6.48. The first kappa shape index (κ1) is 21.5. The number of rotatable bonds is 10. The maximum atomic E-state index is 12.0. The van der Waals surface area contributed by atoms with E-state index < -0.39 is 8.32 Å². The summed E-state index contributed by atoms with van der Waals surface area (Å²) in [4.78, 5) is 23.0. The molecule has 0 unspecified atom stereocenters. The lowest BCUT2D eigenvalue weighted by Gasteiger charge is -2.38. The summed E-state index contributed by atoms with van der Waals surface area (Å²) in [7, 11) is -1.92. The summed E-state index contributed by atoms with van der Waals surface area (Å²) in [6, 6.07) is 10.0. The Bertz CT molecular complexity index is 571. The highest BCUT2D eigenvalue weighted by Gasteiger charge is 2.38. The molecular weight excluding hydrogens is 328 g/mol. The van der Waals surface area contributed by atoms with Crippen LogP contribution in [0.15, 0.2) is 42.5 Å². The minimum Gasteiger partial charge on any atom is -0.413 e. The van der Waals surface area contributed by atoms with Gasteiger partial charge >= 0.3 is 0 Å². The van der Waals surface area contributed by atoms with Crippen LogP contribution in [-0.2, 0) is 20.4 Å². The fourth-order valence-electron chi connectivity index (χ4n) is 2.24. The van der Waals surface area contributed by atoms with Crippen molar-refractivity contribution in [1.82, 2.24) is 0 Å². The lowest BCUT2D eigenvalue weighted by Crippen LogP contribution is -2.44. The Kier molecular flexibility index (Phi) is 8.46. The van der Waals surface area contributed by atoms with Crippen molar-refractivity contribution in [2.45, 2.75) is 70.7 Å². The number of aryl methyl sites for hydroxylation is 1. The van der Waals surface area contributed by atoms with E-state index in [0.717, 1.165) is 12.7 Å². The minimum absolute atomic E-state index is 0.101. The van der Waals surface area contributed by atoms with Gasteiger partial charge in [-0.3, -0.25) is 4.79 Å². The Morgan fingerprint density at radius 1 is 1.16 bits per heavy atom. The molecule has 1 rings (SSSR count). The van der Waals surface area contributed by atoms with Crippen LogP contribution in [0, 0.1) is 0 Å². The van der Waals surface area contributed by atoms with Crippen LogP contribution in [0.5, 0.6) is 0 Å². The molecule has 0 saturated heterocycles. The molecule has 1 atom stereocenters. The average molecular weight is 361 g/mol. The average Bonchev–Trinajstić information content (AvgIpc) is 2.52. The summed E-state index contributed by atoms with van der Waals surface area (Å²) in [5.74, 6) is 0.112. The molecule has 1 aromatic carbocycles. The van der Waals surface area contributed by atoms with E-state index in [-0.39, 0.29) is 16.9 Å². The smallest absolute Gasteiger partial charge is 0.192 e. The van der Waals surface area contributed by atoms with Crippen molar-refractivity contribution in [1.29, 1.82) is 0 Å². The molecule has 0 aliphatic carbocycles. The van der Waals surface area contributed by atoms with Gasteiger partial charge in [0.1, 0.15) is 6.29 Å². The SMILES string of the molecule is CC(C)(C)[Si](C)(C)O[C@H](CC=O)C/C=C/C(=O)CCc1ccccc1. The van der Waals surface area contributed by atoms with Gasteiger partial charge in [0.15, 0.2) is 14.1 Å². The van der Waals surface area contributed by atoms with Gasteiger partial charge in [0.2, 0.25) is 0 Å². The molecule has 3 nitrogen and oxygen atoms in total. The second kappa shape index (κ2) is 9.83. The van der Waals surface area contributed by atoms with Crippen molar-refractivity contribution in [3.05, 3.63) is 48.0 Å². The monoisotopic (exact) mass is 360 g/mol. The van der Waals surface area contributed by atoms with Gasteiger partial charge in [0.25, 0.3) is 0 Å². The molecule has 0 aliphatic heterocycles. The molecule has 0 fully saturated rings. The van der Waals surface area contributed by atoms with Crippen LogP contribution >= 0.6 is 0 Å². The third kappa shape index (κ3) is 7.93. The third-order valence-electron chi connectivity index (χ3n) is 4.83. The summed E-state index contributed by atoms with van der Waals surface area (Å²) in [5, 5.41) is 0.101. The molecule has 0 N–H and O–H groups in total. The highest BCUT2D eigenvalue weighted by atomic mass is 28.4. The first-order valence-corrected chi connectivity index (χ1v) is 11.9. The van der Waals surface area contributed by atoms with Crippen LogP contribution in [-0.4, -0.2) is 26.5 Å². The first-order chi connectivity index (χ1) is 11.7. The summed E-state index contributed by atoms with van der Waals surface area (Å²) >= 11 is 0. The number of hydrogen-bond acceptors (Lipinski definition) is 3. The molecule has 0 radical (unpaired) electrons. The Morgan fingerprint density at radius 2 is 1.80 bits per heavy atom. The minimum atomic E-state index is -1.92. The fourth-order valence-corrected chi connectivity index (χ4v) is 3.62. The maximum absolute atomic E-state index is 12.0. The van der Waals surface area contributed by atoms with E-state index in [1.807, 2.05) is 36.4 Å². The number of benzene rings is 1. The van der Waals surface area contributed by atoms with Crippen molar-refractivity contribution >= 4 is 20.4 Å². The quantitative estimate of drug-likeness (QED) is 0.331. The van der Waals surface area contributed by atoms with E-state index >= 15 is 0 Å². The van der Waals surface area contributed by atoms with Gasteiger partial charge < -0.3 is 9.22 Å². The lowest BCUT2D eigenvalue weighted by molar-refractivity contribution is -0.114. The molecule has 1 aromatic rings. The van der Waals surface area contributed by atoms with Gasteiger partial charge in [-0.25, -0.2) is 0 Å². The maximum Gasteiger partial charge on any atom is 0.192 e. The number of carbonyl (C=O) groups is 2. The molecule has 0 spiro atoms. The van der Waals surface area contributed by atoms with Crippen LogP contribution < -0.4 is 0 Å². The number of aldehydes is 1. The van der Waals surface area contributed by atoms with Gasteiger partial charge in [0, 0.05) is 12.8 Å². The Hall–Kier alpha value is -1.52. The highest BCUT2D eigenvalue weighted by Crippen LogP contribution is 2.37. The number of carbonyl (C=O) groups excluding carboxylic acids is 2.